The largest absolute Gasteiger partial charge is 0.0696 e. The predicted molar refractivity (Wildman–Crippen MR) is 53.7 cm³/mol. The third-order valence-electron chi connectivity index (χ3n) is 1.53. The third-order valence-corrected chi connectivity index (χ3v) is 1.53. The number of hydrogen-bond acceptors (Lipinski definition) is 0. The van der Waals surface area contributed by atoms with Gasteiger partial charge in [0.2, 0.25) is 0 Å². The van der Waals surface area contributed by atoms with Crippen molar-refractivity contribution >= 4 is 12.2 Å². The summed E-state index contributed by atoms with van der Waals surface area (Å²) in [5.74, 6) is 0. The van der Waals surface area contributed by atoms with E-state index in [9.17, 15) is 0 Å². The highest BCUT2D eigenvalue weighted by Gasteiger charge is 1.93. The third kappa shape index (κ3) is 1.77. The molecule has 0 atom stereocenters. The number of benzene rings is 1. The molecule has 1 aromatic rings. The van der Waals surface area contributed by atoms with Crippen LogP contribution in [0, 0.1) is 0 Å². The highest BCUT2D eigenvalue weighted by Crippen LogP contribution is 2.13. The van der Waals surface area contributed by atoms with Crippen molar-refractivity contribution in [1.29, 1.82) is 0 Å². The van der Waals surface area contributed by atoms with E-state index >= 15 is 0 Å². The summed E-state index contributed by atoms with van der Waals surface area (Å²) in [6, 6.07) is 8.19. The van der Waals surface area contributed by atoms with Gasteiger partial charge in [-0.1, -0.05) is 49.6 Å². The molecule has 0 unspecified atom stereocenters. The van der Waals surface area contributed by atoms with Crippen molar-refractivity contribution < 1.29 is 0 Å². The van der Waals surface area contributed by atoms with Crippen LogP contribution in [0.2, 0.25) is 0 Å². The van der Waals surface area contributed by atoms with E-state index in [1.807, 2.05) is 38.1 Å². The van der Waals surface area contributed by atoms with Gasteiger partial charge in [-0.25, -0.2) is 0 Å². The maximum atomic E-state index is 2.91. The molecule has 0 heteroatoms. The molecule has 0 spiro atoms. The second-order valence-electron chi connectivity index (χ2n) is 2.21. The van der Waals surface area contributed by atoms with Crippen LogP contribution in [-0.2, 0) is 0 Å². The van der Waals surface area contributed by atoms with Gasteiger partial charge in [0, 0.05) is 0 Å². The van der Waals surface area contributed by atoms with Crippen molar-refractivity contribution in [2.75, 3.05) is 0 Å². The Morgan fingerprint density at radius 3 is 1.67 bits per heavy atom. The van der Waals surface area contributed by atoms with Crippen LogP contribution < -0.4 is 0 Å². The Bertz CT molecular complexity index is 311. The molecule has 0 aromatic heterocycles. The first kappa shape index (κ1) is 8.62. The lowest BCUT2D eigenvalue weighted by atomic mass is 10.1. The fourth-order valence-corrected chi connectivity index (χ4v) is 1.01. The second kappa shape index (κ2) is 4.41. The summed E-state index contributed by atoms with van der Waals surface area (Å²) in [5, 5.41) is 0. The zero-order valence-corrected chi connectivity index (χ0v) is 7.46. The molecule has 2 rings (SSSR count). The van der Waals surface area contributed by atoms with Crippen molar-refractivity contribution in [3.63, 3.8) is 0 Å². The van der Waals surface area contributed by atoms with E-state index in [0.29, 0.717) is 0 Å². The van der Waals surface area contributed by atoms with Gasteiger partial charge in [0.25, 0.3) is 0 Å². The average Bonchev–Trinajstić information content (AvgIpc) is 2.21. The molecule has 0 fully saturated rings. The maximum absolute atomic E-state index is 2.91. The molecular weight excluding hydrogens is 144 g/mol. The summed E-state index contributed by atoms with van der Waals surface area (Å²) in [4.78, 5) is 0. The summed E-state index contributed by atoms with van der Waals surface area (Å²) < 4.78 is 0. The lowest BCUT2D eigenvalue weighted by Gasteiger charge is -1.97. The van der Waals surface area contributed by atoms with Crippen LogP contribution in [0.25, 0.3) is 12.2 Å². The van der Waals surface area contributed by atoms with Gasteiger partial charge in [0.15, 0.2) is 0 Å². The monoisotopic (exact) mass is 156 g/mol. The molecule has 0 nitrogen and oxygen atoms in total. The summed E-state index contributed by atoms with van der Waals surface area (Å²) in [7, 11) is 0. The lowest BCUT2D eigenvalue weighted by Crippen LogP contribution is -1.78. The van der Waals surface area contributed by atoms with E-state index in [4.69, 9.17) is 0 Å². The van der Waals surface area contributed by atoms with E-state index in [-0.39, 0.29) is 0 Å². The molecule has 0 aliphatic heterocycles. The van der Waals surface area contributed by atoms with E-state index in [1.165, 1.54) is 11.1 Å². The molecule has 60 valence electrons. The van der Waals surface area contributed by atoms with Gasteiger partial charge >= 0.3 is 0 Å². The highest BCUT2D eigenvalue weighted by atomic mass is 14.0. The van der Waals surface area contributed by atoms with Crippen LogP contribution in [0.4, 0.5) is 0 Å². The molecule has 12 heavy (non-hydrogen) atoms. The maximum Gasteiger partial charge on any atom is -0.00365 e. The first-order valence-corrected chi connectivity index (χ1v) is 4.23. The predicted octanol–water partition coefficient (Wildman–Crippen LogP) is 3.51. The van der Waals surface area contributed by atoms with E-state index in [0.717, 1.165) is 0 Å². The Balaban J connectivity index is 0.000000336. The molecule has 1 aliphatic carbocycles. The minimum absolute atomic E-state index is 1.22. The molecule has 0 heterocycles. The van der Waals surface area contributed by atoms with Crippen LogP contribution in [0.5, 0.6) is 0 Å². The van der Waals surface area contributed by atoms with Gasteiger partial charge in [-0.05, 0) is 23.3 Å². The normalized spacial score (nSPS) is 10.2. The molecule has 0 saturated carbocycles. The van der Waals surface area contributed by atoms with Crippen molar-refractivity contribution in [1.82, 2.24) is 0 Å². The van der Waals surface area contributed by atoms with Gasteiger partial charge < -0.3 is 0 Å². The standard InChI is InChI=1S/C10H6.C2H6/c1-2-6-10-8-4-3-7-9(10)5-1;1-2/h1-2,5-8H;1-2H3. The van der Waals surface area contributed by atoms with Crippen molar-refractivity contribution in [3.8, 4) is 0 Å². The van der Waals surface area contributed by atoms with Crippen LogP contribution in [0.15, 0.2) is 35.7 Å². The molecule has 1 aromatic carbocycles. The molecule has 0 N–H and O–H groups in total. The van der Waals surface area contributed by atoms with Gasteiger partial charge in [-0.15, -0.1) is 0 Å². The lowest BCUT2D eigenvalue weighted by molar-refractivity contribution is 1.50. The summed E-state index contributed by atoms with van der Waals surface area (Å²) in [6.45, 7) is 4.00. The van der Waals surface area contributed by atoms with Crippen LogP contribution >= 0.6 is 0 Å². The Morgan fingerprint density at radius 2 is 1.25 bits per heavy atom. The number of hydrogen-bond donors (Lipinski definition) is 0. The molecule has 0 saturated heterocycles. The molecule has 0 amide bonds. The Hall–Kier alpha value is -1.48. The van der Waals surface area contributed by atoms with Gasteiger partial charge in [-0.2, -0.15) is 0 Å². The van der Waals surface area contributed by atoms with Gasteiger partial charge in [0.05, 0.1) is 0 Å². The first-order chi connectivity index (χ1) is 5.97. The fraction of sp³-hybridized carbons (Fsp3) is 0.167. The van der Waals surface area contributed by atoms with Gasteiger partial charge in [0.1, 0.15) is 0 Å². The highest BCUT2D eigenvalue weighted by molar-refractivity contribution is 5.67. The minimum atomic E-state index is 1.22. The number of rotatable bonds is 0. The van der Waals surface area contributed by atoms with Crippen LogP contribution in [0.3, 0.4) is 0 Å². The van der Waals surface area contributed by atoms with Crippen molar-refractivity contribution in [2.24, 2.45) is 0 Å². The minimum Gasteiger partial charge on any atom is -0.0696 e. The summed E-state index contributed by atoms with van der Waals surface area (Å²) >= 11 is 0. The van der Waals surface area contributed by atoms with Crippen molar-refractivity contribution in [3.05, 3.63) is 46.9 Å². The number of fused-ring (bicyclic) bond motifs is 1. The zero-order valence-electron chi connectivity index (χ0n) is 7.46. The van der Waals surface area contributed by atoms with E-state index in [2.05, 4.69) is 23.6 Å². The topological polar surface area (TPSA) is 0 Å². The molecule has 0 bridgehead atoms. The molecule has 0 radical (unpaired) electrons. The SMILES string of the molecule is C1=C=Cc2ccccc2C=1.CC. The smallest absolute Gasteiger partial charge is 0.00365 e. The van der Waals surface area contributed by atoms with Crippen molar-refractivity contribution in [2.45, 2.75) is 13.8 Å². The Labute approximate surface area is 73.6 Å². The second-order valence-corrected chi connectivity index (χ2v) is 2.21. The molecular formula is C12H12. The zero-order chi connectivity index (χ0) is 8.81. The van der Waals surface area contributed by atoms with E-state index < -0.39 is 0 Å². The summed E-state index contributed by atoms with van der Waals surface area (Å²) in [6.07, 6.45) is 3.88. The average molecular weight is 156 g/mol. The summed E-state index contributed by atoms with van der Waals surface area (Å²) in [5.41, 5.74) is 8.27. The Morgan fingerprint density at radius 1 is 0.833 bits per heavy atom. The van der Waals surface area contributed by atoms with Crippen LogP contribution in [0.1, 0.15) is 25.0 Å². The first-order valence-electron chi connectivity index (χ1n) is 4.23. The van der Waals surface area contributed by atoms with E-state index in [1.54, 1.807) is 0 Å². The fourth-order valence-electron chi connectivity index (χ4n) is 1.01. The van der Waals surface area contributed by atoms with Crippen LogP contribution in [-0.4, -0.2) is 0 Å². The van der Waals surface area contributed by atoms with Gasteiger partial charge in [-0.3, -0.25) is 0 Å². The quantitative estimate of drug-likeness (QED) is 0.512. The Kier molecular flexibility index (Phi) is 3.17. The molecule has 1 aliphatic rings.